The first-order chi connectivity index (χ1) is 14.9. The summed E-state index contributed by atoms with van der Waals surface area (Å²) in [5, 5.41) is 10.8. The number of halogens is 1. The van der Waals surface area contributed by atoms with Crippen LogP contribution in [-0.4, -0.2) is 39.2 Å². The molecule has 1 unspecified atom stereocenters. The maximum absolute atomic E-state index is 12.3. The predicted molar refractivity (Wildman–Crippen MR) is 121 cm³/mol. The number of benzene rings is 1. The van der Waals surface area contributed by atoms with Gasteiger partial charge in [0, 0.05) is 35.1 Å². The quantitative estimate of drug-likeness (QED) is 0.353. The second-order valence-electron chi connectivity index (χ2n) is 7.35. The number of pyridine rings is 2. The summed E-state index contributed by atoms with van der Waals surface area (Å²) in [5.41, 5.74) is 4.48. The van der Waals surface area contributed by atoms with E-state index in [2.05, 4.69) is 20.3 Å². The average molecular weight is 434 g/mol. The van der Waals surface area contributed by atoms with Crippen molar-refractivity contribution in [2.75, 3.05) is 6.54 Å². The van der Waals surface area contributed by atoms with E-state index in [1.165, 1.54) is 0 Å². The second-order valence-corrected chi connectivity index (χ2v) is 7.69. The molecule has 0 aliphatic carbocycles. The number of rotatable bonds is 5. The van der Waals surface area contributed by atoms with Gasteiger partial charge in [-0.15, -0.1) is 0 Å². The zero-order chi connectivity index (χ0) is 22.0. The lowest BCUT2D eigenvalue weighted by molar-refractivity contribution is 0.0969. The summed E-state index contributed by atoms with van der Waals surface area (Å²) in [5.74, 6) is -1.00. The van der Waals surface area contributed by atoms with Crippen molar-refractivity contribution in [1.29, 1.82) is 5.41 Å². The van der Waals surface area contributed by atoms with Crippen LogP contribution in [0.5, 0.6) is 0 Å². The van der Waals surface area contributed by atoms with Gasteiger partial charge in [-0.1, -0.05) is 6.07 Å². The van der Waals surface area contributed by atoms with Crippen LogP contribution in [0.25, 0.3) is 10.9 Å². The molecule has 0 spiro atoms. The summed E-state index contributed by atoms with van der Waals surface area (Å²) >= 11 is 5.30. The zero-order valence-electron chi connectivity index (χ0n) is 16.9. The van der Waals surface area contributed by atoms with E-state index >= 15 is 0 Å². The number of nitrogens with zero attached hydrogens (tertiary/aromatic N) is 3. The van der Waals surface area contributed by atoms with Gasteiger partial charge in [-0.25, -0.2) is 0 Å². The molecule has 1 aromatic carbocycles. The summed E-state index contributed by atoms with van der Waals surface area (Å²) in [6.45, 7) is 2.62. The van der Waals surface area contributed by atoms with E-state index in [-0.39, 0.29) is 5.56 Å². The normalized spacial score (nSPS) is 14.2. The van der Waals surface area contributed by atoms with Crippen molar-refractivity contribution >= 4 is 45.2 Å². The summed E-state index contributed by atoms with van der Waals surface area (Å²) < 4.78 is 0. The molecule has 3 heterocycles. The van der Waals surface area contributed by atoms with Gasteiger partial charge in [0.15, 0.2) is 0 Å². The molecule has 4 rings (SSSR count). The average Bonchev–Trinajstić information content (AvgIpc) is 3.27. The number of amides is 2. The molecule has 2 amide bonds. The van der Waals surface area contributed by atoms with Crippen LogP contribution in [0, 0.1) is 12.3 Å². The minimum atomic E-state index is -0.943. The maximum atomic E-state index is 12.3. The molecule has 8 heteroatoms. The zero-order valence-corrected chi connectivity index (χ0v) is 17.6. The summed E-state index contributed by atoms with van der Waals surface area (Å²) in [6.07, 6.45) is 3.43. The van der Waals surface area contributed by atoms with Crippen LogP contribution < -0.4 is 5.32 Å². The van der Waals surface area contributed by atoms with Gasteiger partial charge in [0.1, 0.15) is 0 Å². The van der Waals surface area contributed by atoms with E-state index in [4.69, 9.17) is 17.0 Å². The van der Waals surface area contributed by atoms with Crippen LogP contribution in [0.2, 0.25) is 0 Å². The van der Waals surface area contributed by atoms with Gasteiger partial charge in [-0.2, -0.15) is 0 Å². The van der Waals surface area contributed by atoms with E-state index in [9.17, 15) is 9.59 Å². The van der Waals surface area contributed by atoms with Crippen molar-refractivity contribution in [3.63, 3.8) is 0 Å². The Labute approximate surface area is 184 Å². The largest absolute Gasteiger partial charge is 0.320 e. The third-order valence-electron chi connectivity index (χ3n) is 5.25. The Morgan fingerprint density at radius 2 is 2.03 bits per heavy atom. The van der Waals surface area contributed by atoms with E-state index in [0.717, 1.165) is 36.4 Å². The minimum absolute atomic E-state index is 0.281. The number of aliphatic imine (C=N–C) groups is 1. The second kappa shape index (κ2) is 8.73. The molecule has 0 fully saturated rings. The smallest absolute Gasteiger partial charge is 0.302 e. The Balaban J connectivity index is 1.86. The molecule has 0 saturated carbocycles. The van der Waals surface area contributed by atoms with Crippen LogP contribution >= 0.6 is 11.6 Å². The molecule has 31 heavy (non-hydrogen) atoms. The van der Waals surface area contributed by atoms with Gasteiger partial charge in [0.05, 0.1) is 22.8 Å². The molecule has 7 nitrogen and oxygen atoms in total. The van der Waals surface area contributed by atoms with E-state index in [1.54, 1.807) is 24.4 Å². The lowest BCUT2D eigenvalue weighted by atomic mass is 9.84. The summed E-state index contributed by atoms with van der Waals surface area (Å²) in [7, 11) is 0. The molecule has 0 radical (unpaired) electrons. The van der Waals surface area contributed by atoms with Crippen molar-refractivity contribution in [2.24, 2.45) is 4.99 Å². The number of hydrogen-bond acceptors (Lipinski definition) is 6. The van der Waals surface area contributed by atoms with Gasteiger partial charge in [-0.3, -0.25) is 29.9 Å². The lowest BCUT2D eigenvalue weighted by Crippen LogP contribution is -2.25. The van der Waals surface area contributed by atoms with Gasteiger partial charge in [0.2, 0.25) is 0 Å². The van der Waals surface area contributed by atoms with Crippen LogP contribution in [0.15, 0.2) is 53.7 Å². The highest BCUT2D eigenvalue weighted by Crippen LogP contribution is 2.32. The Bertz CT molecular complexity index is 1240. The number of carbonyl (C=O) groups excluding carboxylic acids is 2. The third-order valence-corrected chi connectivity index (χ3v) is 5.35. The molecular formula is C23H20ClN5O2. The molecule has 0 saturated heterocycles. The molecule has 1 aliphatic rings. The van der Waals surface area contributed by atoms with Crippen molar-refractivity contribution in [1.82, 2.24) is 15.3 Å². The molecule has 1 atom stereocenters. The number of carbonyl (C=O) groups is 2. The number of fused-ring (bicyclic) bond motifs is 1. The molecule has 3 aromatic rings. The maximum Gasteiger partial charge on any atom is 0.320 e. The Hall–Kier alpha value is -3.45. The van der Waals surface area contributed by atoms with Gasteiger partial charge < -0.3 is 5.41 Å². The Morgan fingerprint density at radius 3 is 2.74 bits per heavy atom. The fourth-order valence-electron chi connectivity index (χ4n) is 3.86. The first-order valence-corrected chi connectivity index (χ1v) is 10.3. The number of aryl methyl sites for hydroxylation is 1. The van der Waals surface area contributed by atoms with Gasteiger partial charge >= 0.3 is 5.37 Å². The van der Waals surface area contributed by atoms with Gasteiger partial charge in [-0.05, 0) is 73.3 Å². The monoisotopic (exact) mass is 433 g/mol. The topological polar surface area (TPSA) is 108 Å². The SMILES string of the molecule is Cc1cccc(C(=N)C(C2=NCCC2)c2ccnc3ccc(C(=O)NC(=O)Cl)cc23)n1. The first-order valence-electron chi connectivity index (χ1n) is 9.89. The van der Waals surface area contributed by atoms with Crippen LogP contribution in [0.1, 0.15) is 46.1 Å². The molecule has 0 bridgehead atoms. The Morgan fingerprint density at radius 1 is 1.19 bits per heavy atom. The van der Waals surface area contributed by atoms with Crippen molar-refractivity contribution in [3.05, 3.63) is 71.2 Å². The summed E-state index contributed by atoms with van der Waals surface area (Å²) in [4.78, 5) is 37.0. The number of nitrogens with one attached hydrogen (secondary N) is 2. The van der Waals surface area contributed by atoms with Crippen LogP contribution in [0.4, 0.5) is 4.79 Å². The van der Waals surface area contributed by atoms with Crippen LogP contribution in [-0.2, 0) is 0 Å². The predicted octanol–water partition coefficient (Wildman–Crippen LogP) is 4.41. The van der Waals surface area contributed by atoms with Crippen molar-refractivity contribution in [3.8, 4) is 0 Å². The molecule has 1 aliphatic heterocycles. The summed E-state index contributed by atoms with van der Waals surface area (Å²) in [6, 6.07) is 12.4. The van der Waals surface area contributed by atoms with Crippen LogP contribution in [0.3, 0.4) is 0 Å². The lowest BCUT2D eigenvalue weighted by Gasteiger charge is -2.21. The first kappa shape index (κ1) is 20.8. The standard InChI is InChI=1S/C23H20ClN5O2/c1-13-4-2-5-19(28-13)21(25)20(18-6-3-10-26-18)15-9-11-27-17-8-7-14(12-16(15)17)22(30)29-23(24)31/h2,4-5,7-9,11-12,20,25H,3,6,10H2,1H3,(H,29,30,31). The number of aromatic nitrogens is 2. The number of hydrogen-bond donors (Lipinski definition) is 2. The van der Waals surface area contributed by atoms with Crippen molar-refractivity contribution < 1.29 is 9.59 Å². The fraction of sp³-hybridized carbons (Fsp3) is 0.217. The molecular weight excluding hydrogens is 414 g/mol. The van der Waals surface area contributed by atoms with Crippen molar-refractivity contribution in [2.45, 2.75) is 25.7 Å². The number of imide groups is 1. The highest BCUT2D eigenvalue weighted by atomic mass is 35.5. The van der Waals surface area contributed by atoms with E-state index < -0.39 is 17.2 Å². The molecule has 156 valence electrons. The van der Waals surface area contributed by atoms with Gasteiger partial charge in [0.25, 0.3) is 5.91 Å². The highest BCUT2D eigenvalue weighted by molar-refractivity contribution is 6.64. The fourth-order valence-corrected chi connectivity index (χ4v) is 3.95. The van der Waals surface area contributed by atoms with E-state index in [1.807, 2.05) is 31.2 Å². The van der Waals surface area contributed by atoms with E-state index in [0.29, 0.717) is 22.3 Å². The molecule has 2 aromatic heterocycles. The third kappa shape index (κ3) is 4.36. The highest BCUT2D eigenvalue weighted by Gasteiger charge is 2.28. The minimum Gasteiger partial charge on any atom is -0.302 e. The Kier molecular flexibility index (Phi) is 5.86. The molecule has 2 N–H and O–H groups in total.